The van der Waals surface area contributed by atoms with Gasteiger partial charge in [-0.3, -0.25) is 10.1 Å². The standard InChI is InChI=1S/C10H13NO3/c1-6(2)8-5-4-7(3)9(10(8)12)11(13)14/h4-6,12H,1-3H3. The number of rotatable bonds is 2. The molecule has 1 N–H and O–H groups in total. The van der Waals surface area contributed by atoms with Crippen LogP contribution >= 0.6 is 0 Å². The highest BCUT2D eigenvalue weighted by molar-refractivity contribution is 5.56. The number of hydrogen-bond donors (Lipinski definition) is 1. The Morgan fingerprint density at radius 2 is 2.00 bits per heavy atom. The van der Waals surface area contributed by atoms with Gasteiger partial charge in [0.25, 0.3) is 0 Å². The lowest BCUT2D eigenvalue weighted by Gasteiger charge is -2.09. The summed E-state index contributed by atoms with van der Waals surface area (Å²) >= 11 is 0. The zero-order chi connectivity index (χ0) is 10.9. The van der Waals surface area contributed by atoms with Crippen LogP contribution in [0.1, 0.15) is 30.9 Å². The lowest BCUT2D eigenvalue weighted by molar-refractivity contribution is -0.386. The first-order valence-electron chi connectivity index (χ1n) is 4.42. The predicted molar refractivity (Wildman–Crippen MR) is 53.6 cm³/mol. The maximum Gasteiger partial charge on any atom is 0.313 e. The minimum atomic E-state index is -0.545. The van der Waals surface area contributed by atoms with E-state index in [1.54, 1.807) is 19.1 Å². The Morgan fingerprint density at radius 1 is 1.43 bits per heavy atom. The Morgan fingerprint density at radius 3 is 2.43 bits per heavy atom. The van der Waals surface area contributed by atoms with Crippen molar-refractivity contribution in [1.29, 1.82) is 0 Å². The molecule has 0 saturated carbocycles. The summed E-state index contributed by atoms with van der Waals surface area (Å²) in [6, 6.07) is 3.38. The number of aryl methyl sites for hydroxylation is 1. The number of benzene rings is 1. The van der Waals surface area contributed by atoms with Crippen molar-refractivity contribution in [3.63, 3.8) is 0 Å². The second-order valence-electron chi connectivity index (χ2n) is 3.58. The van der Waals surface area contributed by atoms with Crippen molar-refractivity contribution in [2.24, 2.45) is 0 Å². The molecule has 0 atom stereocenters. The molecule has 0 aliphatic rings. The third kappa shape index (κ3) is 1.69. The molecular formula is C10H13NO3. The highest BCUT2D eigenvalue weighted by atomic mass is 16.6. The molecule has 4 heteroatoms. The van der Waals surface area contributed by atoms with Gasteiger partial charge in [-0.2, -0.15) is 0 Å². The van der Waals surface area contributed by atoms with Crippen LogP contribution < -0.4 is 0 Å². The molecule has 0 radical (unpaired) electrons. The number of nitrogens with zero attached hydrogens (tertiary/aromatic N) is 1. The van der Waals surface area contributed by atoms with Crippen molar-refractivity contribution in [2.75, 3.05) is 0 Å². The van der Waals surface area contributed by atoms with Crippen LogP contribution in [-0.2, 0) is 0 Å². The largest absolute Gasteiger partial charge is 0.502 e. The predicted octanol–water partition coefficient (Wildman–Crippen LogP) is 2.73. The van der Waals surface area contributed by atoms with Crippen LogP contribution in [0.5, 0.6) is 5.75 Å². The third-order valence-electron chi connectivity index (χ3n) is 2.19. The Bertz CT molecular complexity index is 372. The van der Waals surface area contributed by atoms with Crippen molar-refractivity contribution in [1.82, 2.24) is 0 Å². The maximum atomic E-state index is 10.7. The van der Waals surface area contributed by atoms with Gasteiger partial charge in [0.1, 0.15) is 0 Å². The summed E-state index contributed by atoms with van der Waals surface area (Å²) in [4.78, 5) is 10.1. The Hall–Kier alpha value is -1.58. The number of hydrogen-bond acceptors (Lipinski definition) is 3. The van der Waals surface area contributed by atoms with E-state index in [2.05, 4.69) is 0 Å². The fraction of sp³-hybridized carbons (Fsp3) is 0.400. The second kappa shape index (κ2) is 3.65. The van der Waals surface area contributed by atoms with Crippen molar-refractivity contribution in [3.05, 3.63) is 33.4 Å². The first-order valence-corrected chi connectivity index (χ1v) is 4.42. The second-order valence-corrected chi connectivity index (χ2v) is 3.58. The molecule has 4 nitrogen and oxygen atoms in total. The Balaban J connectivity index is 3.41. The van der Waals surface area contributed by atoms with Crippen LogP contribution in [-0.4, -0.2) is 10.0 Å². The molecule has 0 unspecified atom stereocenters. The van der Waals surface area contributed by atoms with Crippen LogP contribution in [0.2, 0.25) is 0 Å². The average Bonchev–Trinajstić information content (AvgIpc) is 2.02. The summed E-state index contributed by atoms with van der Waals surface area (Å²) in [6.07, 6.45) is 0. The zero-order valence-electron chi connectivity index (χ0n) is 8.44. The van der Waals surface area contributed by atoms with Crippen LogP contribution in [0.25, 0.3) is 0 Å². The zero-order valence-corrected chi connectivity index (χ0v) is 8.44. The summed E-state index contributed by atoms with van der Waals surface area (Å²) in [6.45, 7) is 5.38. The highest BCUT2D eigenvalue weighted by Crippen LogP contribution is 2.36. The summed E-state index contributed by atoms with van der Waals surface area (Å²) in [5.41, 5.74) is 0.912. The van der Waals surface area contributed by atoms with E-state index in [9.17, 15) is 15.2 Å². The van der Waals surface area contributed by atoms with Gasteiger partial charge < -0.3 is 5.11 Å². The topological polar surface area (TPSA) is 63.4 Å². The quantitative estimate of drug-likeness (QED) is 0.583. The van der Waals surface area contributed by atoms with Gasteiger partial charge in [0, 0.05) is 11.1 Å². The van der Waals surface area contributed by atoms with Gasteiger partial charge in [0.05, 0.1) is 4.92 Å². The maximum absolute atomic E-state index is 10.7. The molecule has 1 aromatic rings. The molecule has 1 aromatic carbocycles. The molecule has 0 heterocycles. The van der Waals surface area contributed by atoms with E-state index in [0.717, 1.165) is 0 Å². The van der Waals surface area contributed by atoms with Gasteiger partial charge in [-0.1, -0.05) is 26.0 Å². The van der Waals surface area contributed by atoms with E-state index in [1.807, 2.05) is 13.8 Å². The SMILES string of the molecule is Cc1ccc(C(C)C)c(O)c1[N+](=O)[O-]. The van der Waals surface area contributed by atoms with Crippen LogP contribution in [0.3, 0.4) is 0 Å². The molecule has 0 aliphatic carbocycles. The number of phenolic OH excluding ortho intramolecular Hbond substituents is 1. The molecule has 0 aromatic heterocycles. The Kier molecular flexibility index (Phi) is 2.74. The van der Waals surface area contributed by atoms with Gasteiger partial charge in [0.15, 0.2) is 5.75 Å². The molecule has 76 valence electrons. The molecular weight excluding hydrogens is 182 g/mol. The Labute approximate surface area is 82.3 Å². The smallest absolute Gasteiger partial charge is 0.313 e. The van der Waals surface area contributed by atoms with E-state index < -0.39 is 4.92 Å². The number of nitro benzene ring substituents is 1. The fourth-order valence-corrected chi connectivity index (χ4v) is 1.39. The van der Waals surface area contributed by atoms with Gasteiger partial charge >= 0.3 is 5.69 Å². The average molecular weight is 195 g/mol. The van der Waals surface area contributed by atoms with Gasteiger partial charge in [-0.25, -0.2) is 0 Å². The number of phenols is 1. The van der Waals surface area contributed by atoms with Crippen LogP contribution in [0.15, 0.2) is 12.1 Å². The van der Waals surface area contributed by atoms with Crippen molar-refractivity contribution in [3.8, 4) is 5.75 Å². The van der Waals surface area contributed by atoms with E-state index in [-0.39, 0.29) is 17.4 Å². The molecule has 14 heavy (non-hydrogen) atoms. The molecule has 0 bridgehead atoms. The van der Waals surface area contributed by atoms with E-state index >= 15 is 0 Å². The normalized spacial score (nSPS) is 10.6. The minimum absolute atomic E-state index is 0.0781. The third-order valence-corrected chi connectivity index (χ3v) is 2.19. The monoisotopic (exact) mass is 195 g/mol. The first-order chi connectivity index (χ1) is 6.45. The molecule has 0 fully saturated rings. The fourth-order valence-electron chi connectivity index (χ4n) is 1.39. The van der Waals surface area contributed by atoms with E-state index in [4.69, 9.17) is 0 Å². The lowest BCUT2D eigenvalue weighted by atomic mass is 9.99. The molecule has 0 amide bonds. The molecule has 1 rings (SSSR count). The van der Waals surface area contributed by atoms with Crippen LogP contribution in [0.4, 0.5) is 5.69 Å². The number of nitro groups is 1. The van der Waals surface area contributed by atoms with Gasteiger partial charge in [-0.05, 0) is 12.8 Å². The lowest BCUT2D eigenvalue weighted by Crippen LogP contribution is -1.96. The first kappa shape index (κ1) is 10.5. The number of aromatic hydroxyl groups is 1. The summed E-state index contributed by atoms with van der Waals surface area (Å²) in [5.74, 6) is -0.126. The van der Waals surface area contributed by atoms with E-state index in [1.165, 1.54) is 0 Å². The van der Waals surface area contributed by atoms with E-state index in [0.29, 0.717) is 11.1 Å². The molecule has 0 aliphatic heterocycles. The van der Waals surface area contributed by atoms with Gasteiger partial charge in [-0.15, -0.1) is 0 Å². The van der Waals surface area contributed by atoms with Gasteiger partial charge in [0.2, 0.25) is 0 Å². The summed E-state index contributed by atoms with van der Waals surface area (Å²) in [5, 5.41) is 20.3. The van der Waals surface area contributed by atoms with Crippen molar-refractivity contribution in [2.45, 2.75) is 26.7 Å². The highest BCUT2D eigenvalue weighted by Gasteiger charge is 2.21. The minimum Gasteiger partial charge on any atom is -0.502 e. The van der Waals surface area contributed by atoms with Crippen molar-refractivity contribution >= 4 is 5.69 Å². The molecule has 0 spiro atoms. The van der Waals surface area contributed by atoms with Crippen molar-refractivity contribution < 1.29 is 10.0 Å². The summed E-state index contributed by atoms with van der Waals surface area (Å²) in [7, 11) is 0. The summed E-state index contributed by atoms with van der Waals surface area (Å²) < 4.78 is 0. The molecule has 0 saturated heterocycles. The van der Waals surface area contributed by atoms with Crippen LogP contribution in [0, 0.1) is 17.0 Å².